The average molecular weight is 591 g/mol. The lowest BCUT2D eigenvalue weighted by Gasteiger charge is -2.35. The lowest BCUT2D eigenvalue weighted by Crippen LogP contribution is -2.53. The number of aliphatic hydroxyl groups is 1. The van der Waals surface area contributed by atoms with Crippen LogP contribution in [-0.2, 0) is 4.79 Å². The molecule has 0 bridgehead atoms. The van der Waals surface area contributed by atoms with Crippen molar-refractivity contribution in [1.82, 2.24) is 20.2 Å². The molecule has 2 aromatic carbocycles. The van der Waals surface area contributed by atoms with Gasteiger partial charge in [0.2, 0.25) is 0 Å². The molecule has 2 heterocycles. The molecule has 2 unspecified atom stereocenters. The first-order valence-corrected chi connectivity index (χ1v) is 17.1. The average Bonchev–Trinajstić information content (AvgIpc) is 3.67. The summed E-state index contributed by atoms with van der Waals surface area (Å²) in [5.41, 5.74) is 6.94. The van der Waals surface area contributed by atoms with Gasteiger partial charge in [-0.2, -0.15) is 0 Å². The number of carbonyl (C=O) groups is 2. The minimum absolute atomic E-state index is 0.00343. The Kier molecular flexibility index (Phi) is 9.24. The van der Waals surface area contributed by atoms with Gasteiger partial charge < -0.3 is 14.9 Å². The van der Waals surface area contributed by atoms with Gasteiger partial charge in [0.1, 0.15) is 5.60 Å². The molecule has 226 valence electrons. The van der Waals surface area contributed by atoms with Crippen LogP contribution in [-0.4, -0.2) is 74.9 Å². The van der Waals surface area contributed by atoms with E-state index in [0.29, 0.717) is 61.4 Å². The fraction of sp³-hybridized carbons (Fsp3) is 0.588. The van der Waals surface area contributed by atoms with Gasteiger partial charge in [-0.25, -0.2) is 10.4 Å². The second-order valence-electron chi connectivity index (χ2n) is 12.7. The summed E-state index contributed by atoms with van der Waals surface area (Å²) in [7, 11) is 0. The summed E-state index contributed by atoms with van der Waals surface area (Å²) in [5.74, 6) is -0.183. The minimum atomic E-state index is -1.14. The Bertz CT molecular complexity index is 1230. The maximum atomic E-state index is 13.2. The summed E-state index contributed by atoms with van der Waals surface area (Å²) in [6.45, 7) is 4.21. The van der Waals surface area contributed by atoms with Gasteiger partial charge in [-0.1, -0.05) is 75.3 Å². The highest BCUT2D eigenvalue weighted by molar-refractivity contribution is 8.00. The van der Waals surface area contributed by atoms with E-state index in [-0.39, 0.29) is 11.8 Å². The van der Waals surface area contributed by atoms with Crippen LogP contribution in [0.2, 0.25) is 0 Å². The molecule has 7 nitrogen and oxygen atoms in total. The van der Waals surface area contributed by atoms with Gasteiger partial charge in [0, 0.05) is 37.8 Å². The number of benzene rings is 2. The molecular weight excluding hydrogens is 544 g/mol. The lowest BCUT2D eigenvalue weighted by atomic mass is 9.96. The molecule has 2 aliphatic heterocycles. The fourth-order valence-corrected chi connectivity index (χ4v) is 8.01. The van der Waals surface area contributed by atoms with Gasteiger partial charge in [-0.3, -0.25) is 9.59 Å². The normalized spacial score (nSPS) is 25.8. The Balaban J connectivity index is 1.11. The quantitative estimate of drug-likeness (QED) is 0.448. The van der Waals surface area contributed by atoms with E-state index in [9.17, 15) is 14.7 Å². The standard InChI is InChI=1S/C34H46N4O3S/c1-25-35-38(30-12-7-5-3-2-4-6-8-13-30)32(42-25)29-11-9-10-28(24-29)26-14-16-27(17-15-26)31(39)36-20-22-37(23-21-36)33(40)34(41)18-19-34/h9-11,14-17,24-25,30,32,35,41H,2-8,12-13,18-23H2,1H3. The maximum Gasteiger partial charge on any atom is 0.254 e. The Labute approximate surface area is 255 Å². The van der Waals surface area contributed by atoms with E-state index in [1.54, 1.807) is 4.90 Å². The van der Waals surface area contributed by atoms with Crippen molar-refractivity contribution in [1.29, 1.82) is 0 Å². The second-order valence-corrected chi connectivity index (χ2v) is 14.1. The Hall–Kier alpha value is -2.39. The number of carbonyl (C=O) groups excluding carboxylic acids is 2. The molecule has 2 aliphatic carbocycles. The Morgan fingerprint density at radius 3 is 2.10 bits per heavy atom. The first kappa shape index (κ1) is 29.7. The molecule has 8 heteroatoms. The summed E-state index contributed by atoms with van der Waals surface area (Å²) in [4.78, 5) is 29.2. The van der Waals surface area contributed by atoms with E-state index in [1.165, 1.54) is 68.9 Å². The van der Waals surface area contributed by atoms with Gasteiger partial charge in [-0.15, -0.1) is 11.8 Å². The number of piperazine rings is 1. The van der Waals surface area contributed by atoms with Crippen LogP contribution < -0.4 is 5.43 Å². The lowest BCUT2D eigenvalue weighted by molar-refractivity contribution is -0.143. The molecule has 42 heavy (non-hydrogen) atoms. The topological polar surface area (TPSA) is 76.1 Å². The number of hydrazine groups is 1. The Morgan fingerprint density at radius 2 is 1.45 bits per heavy atom. The molecule has 0 aromatic heterocycles. The van der Waals surface area contributed by atoms with Crippen LogP contribution in [0.15, 0.2) is 48.5 Å². The summed E-state index contributed by atoms with van der Waals surface area (Å²) in [6, 6.07) is 17.4. The monoisotopic (exact) mass is 590 g/mol. The number of nitrogens with zero attached hydrogens (tertiary/aromatic N) is 3. The summed E-state index contributed by atoms with van der Waals surface area (Å²) < 4.78 is 0. The number of thioether (sulfide) groups is 1. The molecule has 2 saturated carbocycles. The van der Waals surface area contributed by atoms with Crippen LogP contribution in [0.1, 0.15) is 98.8 Å². The molecule has 4 fully saturated rings. The van der Waals surface area contributed by atoms with Crippen LogP contribution in [0.3, 0.4) is 0 Å². The van der Waals surface area contributed by atoms with Crippen molar-refractivity contribution in [3.05, 3.63) is 59.7 Å². The van der Waals surface area contributed by atoms with E-state index < -0.39 is 5.60 Å². The van der Waals surface area contributed by atoms with Crippen molar-refractivity contribution in [3.8, 4) is 11.1 Å². The first-order valence-electron chi connectivity index (χ1n) is 16.1. The highest BCUT2D eigenvalue weighted by Gasteiger charge is 2.50. The van der Waals surface area contributed by atoms with Gasteiger partial charge in [0.05, 0.1) is 10.7 Å². The number of hydrogen-bond donors (Lipinski definition) is 2. The zero-order valence-corrected chi connectivity index (χ0v) is 25.8. The fourth-order valence-electron chi connectivity index (χ4n) is 6.77. The highest BCUT2D eigenvalue weighted by atomic mass is 32.2. The molecule has 6 rings (SSSR count). The third-order valence-corrected chi connectivity index (χ3v) is 10.8. The van der Waals surface area contributed by atoms with Crippen LogP contribution in [0.4, 0.5) is 0 Å². The van der Waals surface area contributed by atoms with Gasteiger partial charge >= 0.3 is 0 Å². The SMILES string of the molecule is CC1NN(C2CCCCCCCCC2)C(c2cccc(-c3ccc(C(=O)N4CCN(C(=O)C5(O)CC5)CC4)cc3)c2)S1. The van der Waals surface area contributed by atoms with Crippen LogP contribution in [0.5, 0.6) is 0 Å². The molecule has 0 spiro atoms. The number of rotatable bonds is 5. The van der Waals surface area contributed by atoms with Crippen molar-refractivity contribution in [2.75, 3.05) is 26.2 Å². The molecule has 0 radical (unpaired) electrons. The van der Waals surface area contributed by atoms with Crippen molar-refractivity contribution < 1.29 is 14.7 Å². The number of nitrogens with one attached hydrogen (secondary N) is 1. The zero-order chi connectivity index (χ0) is 29.1. The summed E-state index contributed by atoms with van der Waals surface area (Å²) in [6.07, 6.45) is 13.1. The highest BCUT2D eigenvalue weighted by Crippen LogP contribution is 2.43. The van der Waals surface area contributed by atoms with E-state index in [2.05, 4.69) is 53.8 Å². The molecule has 2 aromatic rings. The van der Waals surface area contributed by atoms with Crippen molar-refractivity contribution in [3.63, 3.8) is 0 Å². The van der Waals surface area contributed by atoms with Crippen LogP contribution >= 0.6 is 11.8 Å². The zero-order valence-electron chi connectivity index (χ0n) is 25.0. The van der Waals surface area contributed by atoms with E-state index in [0.717, 1.165) is 5.56 Å². The smallest absolute Gasteiger partial charge is 0.254 e. The molecule has 2 saturated heterocycles. The van der Waals surface area contributed by atoms with Crippen LogP contribution in [0, 0.1) is 0 Å². The van der Waals surface area contributed by atoms with E-state index >= 15 is 0 Å². The van der Waals surface area contributed by atoms with Crippen molar-refractivity contribution in [2.24, 2.45) is 0 Å². The van der Waals surface area contributed by atoms with Crippen LogP contribution in [0.25, 0.3) is 11.1 Å². The summed E-state index contributed by atoms with van der Waals surface area (Å²) in [5, 5.41) is 13.4. The van der Waals surface area contributed by atoms with Crippen molar-refractivity contribution >= 4 is 23.6 Å². The third-order valence-electron chi connectivity index (χ3n) is 9.50. The van der Waals surface area contributed by atoms with Gasteiger partial charge in [-0.05, 0) is 67.5 Å². The Morgan fingerprint density at radius 1 is 0.833 bits per heavy atom. The minimum Gasteiger partial charge on any atom is -0.380 e. The molecule has 2 amide bonds. The maximum absolute atomic E-state index is 13.2. The predicted octanol–water partition coefficient (Wildman–Crippen LogP) is 5.95. The second kappa shape index (κ2) is 13.1. The van der Waals surface area contributed by atoms with Gasteiger partial charge in [0.15, 0.2) is 0 Å². The van der Waals surface area contributed by atoms with Gasteiger partial charge in [0.25, 0.3) is 11.8 Å². The first-order chi connectivity index (χ1) is 20.4. The molecule has 4 aliphatic rings. The van der Waals surface area contributed by atoms with Crippen molar-refractivity contribution in [2.45, 2.75) is 99.9 Å². The largest absolute Gasteiger partial charge is 0.380 e. The van der Waals surface area contributed by atoms with E-state index in [1.807, 2.05) is 28.8 Å². The number of amides is 2. The van der Waals surface area contributed by atoms with E-state index in [4.69, 9.17) is 0 Å². The molecule has 2 atom stereocenters. The third kappa shape index (κ3) is 6.72. The summed E-state index contributed by atoms with van der Waals surface area (Å²) >= 11 is 2.00. The number of hydrogen-bond acceptors (Lipinski definition) is 6. The predicted molar refractivity (Wildman–Crippen MR) is 169 cm³/mol. The molecular formula is C34H46N4O3S. The molecule has 2 N–H and O–H groups in total.